The Hall–Kier alpha value is -1.30. The number of benzene rings is 2. The van der Waals surface area contributed by atoms with E-state index >= 15 is 0 Å². The maximum absolute atomic E-state index is 12.1. The lowest BCUT2D eigenvalue weighted by molar-refractivity contribution is -0.118. The maximum atomic E-state index is 12.1. The average Bonchev–Trinajstić information content (AvgIpc) is 2.62. The van der Waals surface area contributed by atoms with E-state index in [9.17, 15) is 4.79 Å². The minimum absolute atomic E-state index is 0.0290. The van der Waals surface area contributed by atoms with E-state index in [-0.39, 0.29) is 12.5 Å². The quantitative estimate of drug-likeness (QED) is 0.772. The van der Waals surface area contributed by atoms with Crippen LogP contribution in [0, 0.1) is 0 Å². The Morgan fingerprint density at radius 3 is 2.67 bits per heavy atom. The van der Waals surface area contributed by atoms with Gasteiger partial charge in [0.15, 0.2) is 6.61 Å². The zero-order valence-corrected chi connectivity index (χ0v) is 15.4. The van der Waals surface area contributed by atoms with Gasteiger partial charge in [-0.05, 0) is 59.9 Å². The average molecular weight is 380 g/mol. The van der Waals surface area contributed by atoms with Gasteiger partial charge in [0.05, 0.1) is 4.58 Å². The van der Waals surface area contributed by atoms with Gasteiger partial charge < -0.3 is 10.1 Å². The van der Waals surface area contributed by atoms with Crippen LogP contribution in [0.3, 0.4) is 0 Å². The lowest BCUT2D eigenvalue weighted by atomic mass is 10.2. The fourth-order valence-corrected chi connectivity index (χ4v) is 5.32. The summed E-state index contributed by atoms with van der Waals surface area (Å²) in [5, 5.41) is 3.54. The molecule has 1 saturated heterocycles. The summed E-state index contributed by atoms with van der Waals surface area (Å²) in [5.74, 6) is 2.84. The summed E-state index contributed by atoms with van der Waals surface area (Å²) in [6.07, 6.45) is 1.27. The number of nitrogens with one attached hydrogen (secondary N) is 1. The highest BCUT2D eigenvalue weighted by molar-refractivity contribution is 8.16. The molecule has 0 unspecified atom stereocenters. The van der Waals surface area contributed by atoms with Gasteiger partial charge in [-0.25, -0.2) is 0 Å². The van der Waals surface area contributed by atoms with E-state index in [0.29, 0.717) is 15.4 Å². The molecule has 3 nitrogen and oxygen atoms in total. The topological polar surface area (TPSA) is 38.3 Å². The Labute approximate surface area is 155 Å². The molecule has 2 aromatic rings. The van der Waals surface area contributed by atoms with Crippen molar-refractivity contribution < 1.29 is 9.53 Å². The third-order valence-electron chi connectivity index (χ3n) is 3.45. The Morgan fingerprint density at radius 2 is 1.92 bits per heavy atom. The number of rotatable bonds is 5. The molecule has 1 heterocycles. The fourth-order valence-electron chi connectivity index (χ4n) is 2.32. The summed E-state index contributed by atoms with van der Waals surface area (Å²) in [6.45, 7) is -0.0290. The van der Waals surface area contributed by atoms with Gasteiger partial charge in [0.25, 0.3) is 5.91 Å². The van der Waals surface area contributed by atoms with Crippen molar-refractivity contribution in [1.29, 1.82) is 0 Å². The predicted octanol–water partition coefficient (Wildman–Crippen LogP) is 5.23. The largest absolute Gasteiger partial charge is 0.484 e. The number of hydrogen-bond donors (Lipinski definition) is 1. The third kappa shape index (κ3) is 5.10. The van der Waals surface area contributed by atoms with E-state index < -0.39 is 0 Å². The van der Waals surface area contributed by atoms with Crippen LogP contribution < -0.4 is 10.1 Å². The number of ether oxygens (including phenoxy) is 1. The summed E-state index contributed by atoms with van der Waals surface area (Å²) in [7, 11) is 0. The van der Waals surface area contributed by atoms with Crippen molar-refractivity contribution in [3.05, 3.63) is 59.1 Å². The van der Waals surface area contributed by atoms with Gasteiger partial charge in [0.2, 0.25) is 0 Å². The number of hydrogen-bond acceptors (Lipinski definition) is 4. The summed E-state index contributed by atoms with van der Waals surface area (Å²) in [4.78, 5) is 12.1. The van der Waals surface area contributed by atoms with Gasteiger partial charge in [-0.2, -0.15) is 0 Å². The molecule has 0 bridgehead atoms. The highest BCUT2D eigenvalue weighted by atomic mass is 35.5. The lowest BCUT2D eigenvalue weighted by Gasteiger charge is -2.21. The second-order valence-corrected chi connectivity index (χ2v) is 8.50. The molecular weight excluding hydrogens is 362 g/mol. The van der Waals surface area contributed by atoms with Crippen molar-refractivity contribution in [2.45, 2.75) is 11.0 Å². The minimum atomic E-state index is -0.175. The Balaban J connectivity index is 1.55. The molecule has 0 aliphatic carbocycles. The Morgan fingerprint density at radius 1 is 1.17 bits per heavy atom. The van der Waals surface area contributed by atoms with Gasteiger partial charge in [0, 0.05) is 10.7 Å². The van der Waals surface area contributed by atoms with Gasteiger partial charge in [-0.3, -0.25) is 4.79 Å². The summed E-state index contributed by atoms with van der Waals surface area (Å²) < 4.78 is 5.92. The zero-order chi connectivity index (χ0) is 16.8. The number of amides is 1. The van der Waals surface area contributed by atoms with E-state index in [1.807, 2.05) is 35.7 Å². The first-order chi connectivity index (χ1) is 11.7. The number of halogens is 1. The smallest absolute Gasteiger partial charge is 0.262 e. The molecule has 0 spiro atoms. The standard InChI is InChI=1S/C18H18ClNO2S2/c19-14-5-7-16(8-6-14)22-12-17(21)20-15-4-1-3-13(11-15)18-23-9-2-10-24-18/h1,3-8,11,18H,2,9-10,12H2,(H,20,21). The molecule has 0 saturated carbocycles. The molecule has 1 fully saturated rings. The van der Waals surface area contributed by atoms with Crippen LogP contribution >= 0.6 is 35.1 Å². The number of anilines is 1. The van der Waals surface area contributed by atoms with Crippen LogP contribution in [0.1, 0.15) is 16.6 Å². The minimum Gasteiger partial charge on any atom is -0.484 e. The number of carbonyl (C=O) groups is 1. The van der Waals surface area contributed by atoms with Crippen LogP contribution in [0.2, 0.25) is 5.02 Å². The van der Waals surface area contributed by atoms with Crippen LogP contribution in [0.4, 0.5) is 5.69 Å². The van der Waals surface area contributed by atoms with Crippen molar-refractivity contribution in [2.75, 3.05) is 23.4 Å². The molecule has 24 heavy (non-hydrogen) atoms. The maximum Gasteiger partial charge on any atom is 0.262 e. The first-order valence-electron chi connectivity index (χ1n) is 7.72. The molecule has 1 aliphatic rings. The monoisotopic (exact) mass is 379 g/mol. The molecule has 2 aromatic carbocycles. The molecule has 0 atom stereocenters. The molecule has 0 aromatic heterocycles. The molecule has 1 aliphatic heterocycles. The molecule has 6 heteroatoms. The molecule has 1 amide bonds. The lowest BCUT2D eigenvalue weighted by Crippen LogP contribution is -2.20. The molecule has 126 valence electrons. The van der Waals surface area contributed by atoms with Crippen LogP contribution in [-0.2, 0) is 4.79 Å². The van der Waals surface area contributed by atoms with Gasteiger partial charge >= 0.3 is 0 Å². The van der Waals surface area contributed by atoms with Crippen molar-refractivity contribution >= 4 is 46.7 Å². The van der Waals surface area contributed by atoms with E-state index in [1.165, 1.54) is 23.5 Å². The van der Waals surface area contributed by atoms with Crippen molar-refractivity contribution in [1.82, 2.24) is 0 Å². The Kier molecular flexibility index (Phi) is 6.35. The van der Waals surface area contributed by atoms with Crippen LogP contribution in [-0.4, -0.2) is 24.0 Å². The number of thioether (sulfide) groups is 2. The van der Waals surface area contributed by atoms with Gasteiger partial charge in [0.1, 0.15) is 5.75 Å². The van der Waals surface area contributed by atoms with E-state index in [4.69, 9.17) is 16.3 Å². The first-order valence-corrected chi connectivity index (χ1v) is 10.2. The first kappa shape index (κ1) is 17.5. The summed E-state index contributed by atoms with van der Waals surface area (Å²) >= 11 is 9.76. The van der Waals surface area contributed by atoms with E-state index in [0.717, 1.165) is 5.69 Å². The fraction of sp³-hybridized carbons (Fsp3) is 0.278. The van der Waals surface area contributed by atoms with Crippen LogP contribution in [0.5, 0.6) is 5.75 Å². The predicted molar refractivity (Wildman–Crippen MR) is 104 cm³/mol. The zero-order valence-electron chi connectivity index (χ0n) is 13.0. The summed E-state index contributed by atoms with van der Waals surface area (Å²) in [5.41, 5.74) is 2.06. The Bertz CT molecular complexity index is 688. The van der Waals surface area contributed by atoms with E-state index in [1.54, 1.807) is 24.3 Å². The normalized spacial score (nSPS) is 15.0. The SMILES string of the molecule is O=C(COc1ccc(Cl)cc1)Nc1cccc(C2SCCCS2)c1. The van der Waals surface area contributed by atoms with Gasteiger partial charge in [-0.1, -0.05) is 23.7 Å². The molecular formula is C18H18ClNO2S2. The summed E-state index contributed by atoms with van der Waals surface area (Å²) in [6, 6.07) is 15.0. The van der Waals surface area contributed by atoms with Crippen LogP contribution in [0.15, 0.2) is 48.5 Å². The van der Waals surface area contributed by atoms with Gasteiger partial charge in [-0.15, -0.1) is 23.5 Å². The van der Waals surface area contributed by atoms with E-state index in [2.05, 4.69) is 17.4 Å². The van der Waals surface area contributed by atoms with Crippen LogP contribution in [0.25, 0.3) is 0 Å². The molecule has 3 rings (SSSR count). The second kappa shape index (κ2) is 8.70. The van der Waals surface area contributed by atoms with Crippen molar-refractivity contribution in [3.63, 3.8) is 0 Å². The second-order valence-electron chi connectivity index (χ2n) is 5.34. The van der Waals surface area contributed by atoms with Crippen molar-refractivity contribution in [3.8, 4) is 5.75 Å². The van der Waals surface area contributed by atoms with Crippen molar-refractivity contribution in [2.24, 2.45) is 0 Å². The highest BCUT2D eigenvalue weighted by Crippen LogP contribution is 2.44. The highest BCUT2D eigenvalue weighted by Gasteiger charge is 2.17. The third-order valence-corrected chi connectivity index (χ3v) is 6.72. The molecule has 1 N–H and O–H groups in total. The molecule has 0 radical (unpaired) electrons. The number of carbonyl (C=O) groups excluding carboxylic acids is 1.